The Hall–Kier alpha value is -0.480. The fourth-order valence-corrected chi connectivity index (χ4v) is 1.73. The van der Waals surface area contributed by atoms with Crippen molar-refractivity contribution in [3.8, 4) is 0 Å². The van der Waals surface area contributed by atoms with Gasteiger partial charge in [-0.2, -0.15) is 16.9 Å². The van der Waals surface area contributed by atoms with Crippen LogP contribution >= 0.6 is 11.8 Å². The van der Waals surface area contributed by atoms with Gasteiger partial charge < -0.3 is 5.73 Å². The van der Waals surface area contributed by atoms with E-state index in [0.717, 1.165) is 18.7 Å². The van der Waals surface area contributed by atoms with Crippen LogP contribution in [0.15, 0.2) is 12.4 Å². The van der Waals surface area contributed by atoms with E-state index in [2.05, 4.69) is 18.2 Å². The third-order valence-corrected chi connectivity index (χ3v) is 2.67. The van der Waals surface area contributed by atoms with Crippen LogP contribution in [0.25, 0.3) is 0 Å². The lowest BCUT2D eigenvalue weighted by Crippen LogP contribution is -2.02. The Labute approximate surface area is 83.7 Å². The smallest absolute Gasteiger partial charge is 0.0522 e. The number of hydrogen-bond acceptors (Lipinski definition) is 3. The van der Waals surface area contributed by atoms with Gasteiger partial charge in [-0.15, -0.1) is 0 Å². The van der Waals surface area contributed by atoms with Crippen LogP contribution in [0, 0.1) is 0 Å². The minimum atomic E-state index is 0.704. The second-order valence-electron chi connectivity index (χ2n) is 2.85. The summed E-state index contributed by atoms with van der Waals surface area (Å²) < 4.78 is 1.99. The molecule has 0 saturated heterocycles. The highest BCUT2D eigenvalue weighted by Gasteiger charge is 1.96. The fraction of sp³-hybridized carbons (Fsp3) is 0.667. The van der Waals surface area contributed by atoms with Crippen LogP contribution in [0.5, 0.6) is 0 Å². The summed E-state index contributed by atoms with van der Waals surface area (Å²) in [5, 5.41) is 4.25. The molecule has 1 aromatic heterocycles. The number of nitrogens with two attached hydrogens (primary N) is 1. The molecule has 0 amide bonds. The first-order chi connectivity index (χ1) is 6.36. The van der Waals surface area contributed by atoms with Crippen LogP contribution in [0.2, 0.25) is 0 Å². The van der Waals surface area contributed by atoms with E-state index in [1.54, 1.807) is 0 Å². The summed E-state index contributed by atoms with van der Waals surface area (Å²) in [7, 11) is 0. The summed E-state index contributed by atoms with van der Waals surface area (Å²) >= 11 is 1.94. The first kappa shape index (κ1) is 10.6. The van der Waals surface area contributed by atoms with Crippen LogP contribution in [0.4, 0.5) is 0 Å². The van der Waals surface area contributed by atoms with E-state index in [-0.39, 0.29) is 0 Å². The Morgan fingerprint density at radius 1 is 1.62 bits per heavy atom. The number of hydrogen-bond donors (Lipinski definition) is 1. The molecule has 0 atom stereocenters. The molecule has 0 aromatic carbocycles. The van der Waals surface area contributed by atoms with Crippen molar-refractivity contribution >= 4 is 11.8 Å². The van der Waals surface area contributed by atoms with Crippen molar-refractivity contribution in [3.05, 3.63) is 18.0 Å². The molecule has 0 unspecified atom stereocenters. The van der Waals surface area contributed by atoms with Gasteiger partial charge in [-0.25, -0.2) is 0 Å². The van der Waals surface area contributed by atoms with Crippen LogP contribution < -0.4 is 5.73 Å². The van der Waals surface area contributed by atoms with Crippen molar-refractivity contribution in [1.29, 1.82) is 0 Å². The highest BCUT2D eigenvalue weighted by Crippen LogP contribution is 2.02. The highest BCUT2D eigenvalue weighted by atomic mass is 32.2. The highest BCUT2D eigenvalue weighted by molar-refractivity contribution is 7.99. The molecular weight excluding hydrogens is 182 g/mol. The molecule has 0 radical (unpaired) electrons. The minimum Gasteiger partial charge on any atom is -0.330 e. The molecule has 0 aliphatic rings. The summed E-state index contributed by atoms with van der Waals surface area (Å²) in [5.41, 5.74) is 6.69. The molecule has 0 spiro atoms. The summed E-state index contributed by atoms with van der Waals surface area (Å²) in [6.45, 7) is 3.88. The average Bonchev–Trinajstić information content (AvgIpc) is 2.54. The zero-order valence-corrected chi connectivity index (χ0v) is 8.89. The van der Waals surface area contributed by atoms with Gasteiger partial charge in [0.1, 0.15) is 0 Å². The number of nitrogens with zero attached hydrogens (tertiary/aromatic N) is 2. The summed E-state index contributed by atoms with van der Waals surface area (Å²) in [4.78, 5) is 0. The molecule has 0 aliphatic carbocycles. The molecule has 1 heterocycles. The van der Waals surface area contributed by atoms with Gasteiger partial charge in [0.2, 0.25) is 0 Å². The van der Waals surface area contributed by atoms with E-state index >= 15 is 0 Å². The van der Waals surface area contributed by atoms with Crippen molar-refractivity contribution in [2.45, 2.75) is 19.9 Å². The zero-order chi connectivity index (χ0) is 9.52. The molecule has 3 nitrogen and oxygen atoms in total. The summed E-state index contributed by atoms with van der Waals surface area (Å²) in [6, 6.07) is 0. The Balaban J connectivity index is 2.31. The summed E-state index contributed by atoms with van der Waals surface area (Å²) in [5.74, 6) is 2.32. The molecule has 0 bridgehead atoms. The maximum atomic E-state index is 5.45. The van der Waals surface area contributed by atoms with Crippen molar-refractivity contribution in [2.24, 2.45) is 5.73 Å². The molecule has 0 fully saturated rings. The van der Waals surface area contributed by atoms with E-state index in [4.69, 9.17) is 5.73 Å². The Bertz CT molecular complexity index is 235. The van der Waals surface area contributed by atoms with Crippen molar-refractivity contribution in [2.75, 3.05) is 18.1 Å². The molecule has 1 rings (SSSR count). The third kappa shape index (κ3) is 3.83. The normalized spacial score (nSPS) is 10.6. The Morgan fingerprint density at radius 3 is 3.15 bits per heavy atom. The fourth-order valence-electron chi connectivity index (χ4n) is 1.13. The van der Waals surface area contributed by atoms with E-state index < -0.39 is 0 Å². The first-order valence-electron chi connectivity index (χ1n) is 4.66. The monoisotopic (exact) mass is 199 g/mol. The van der Waals surface area contributed by atoms with Gasteiger partial charge in [-0.3, -0.25) is 4.68 Å². The van der Waals surface area contributed by atoms with Crippen molar-refractivity contribution in [1.82, 2.24) is 9.78 Å². The molecule has 2 N–H and O–H groups in total. The number of aromatic nitrogens is 2. The van der Waals surface area contributed by atoms with E-state index in [1.165, 1.54) is 11.3 Å². The summed E-state index contributed by atoms with van der Waals surface area (Å²) in [6.07, 6.45) is 4.92. The third-order valence-electron chi connectivity index (χ3n) is 1.79. The predicted molar refractivity (Wildman–Crippen MR) is 58.0 cm³/mol. The van der Waals surface area contributed by atoms with Crippen LogP contribution in [0.3, 0.4) is 0 Å². The molecule has 13 heavy (non-hydrogen) atoms. The van der Waals surface area contributed by atoms with Gasteiger partial charge in [0.25, 0.3) is 0 Å². The topological polar surface area (TPSA) is 43.8 Å². The molecule has 0 aliphatic heterocycles. The SMILES string of the molecule is CCSCCn1cc(CCN)cn1. The second kappa shape index (κ2) is 6.05. The van der Waals surface area contributed by atoms with E-state index in [9.17, 15) is 0 Å². The Morgan fingerprint density at radius 2 is 2.46 bits per heavy atom. The molecule has 4 heteroatoms. The van der Waals surface area contributed by atoms with Crippen LogP contribution in [-0.2, 0) is 13.0 Å². The largest absolute Gasteiger partial charge is 0.330 e. The molecular formula is C9H17N3S. The lowest BCUT2D eigenvalue weighted by molar-refractivity contribution is 0.665. The number of thioether (sulfide) groups is 1. The first-order valence-corrected chi connectivity index (χ1v) is 5.81. The van der Waals surface area contributed by atoms with Crippen molar-refractivity contribution in [3.63, 3.8) is 0 Å². The standard InChI is InChI=1S/C9H17N3S/c1-2-13-6-5-12-8-9(3-4-10)7-11-12/h7-8H,2-6,10H2,1H3. The average molecular weight is 199 g/mol. The minimum absolute atomic E-state index is 0.704. The molecule has 0 saturated carbocycles. The number of aryl methyl sites for hydroxylation is 1. The van der Waals surface area contributed by atoms with Crippen LogP contribution in [-0.4, -0.2) is 27.8 Å². The second-order valence-corrected chi connectivity index (χ2v) is 4.24. The quantitative estimate of drug-likeness (QED) is 0.699. The van der Waals surface area contributed by atoms with Gasteiger partial charge in [-0.1, -0.05) is 6.92 Å². The van der Waals surface area contributed by atoms with Gasteiger partial charge >= 0.3 is 0 Å². The maximum Gasteiger partial charge on any atom is 0.0522 e. The van der Waals surface area contributed by atoms with E-state index in [1.807, 2.05) is 22.6 Å². The van der Waals surface area contributed by atoms with Crippen LogP contribution in [0.1, 0.15) is 12.5 Å². The lowest BCUT2D eigenvalue weighted by Gasteiger charge is -1.98. The number of rotatable bonds is 6. The molecule has 1 aromatic rings. The lowest BCUT2D eigenvalue weighted by atomic mass is 10.3. The van der Waals surface area contributed by atoms with Gasteiger partial charge in [-0.05, 0) is 24.3 Å². The van der Waals surface area contributed by atoms with Gasteiger partial charge in [0.15, 0.2) is 0 Å². The van der Waals surface area contributed by atoms with Crippen molar-refractivity contribution < 1.29 is 0 Å². The van der Waals surface area contributed by atoms with Gasteiger partial charge in [0, 0.05) is 18.5 Å². The predicted octanol–water partition coefficient (Wildman–Crippen LogP) is 1.14. The molecule has 74 valence electrons. The Kier molecular flexibility index (Phi) is 4.93. The zero-order valence-electron chi connectivity index (χ0n) is 8.07. The van der Waals surface area contributed by atoms with E-state index in [0.29, 0.717) is 6.54 Å². The maximum absolute atomic E-state index is 5.45. The van der Waals surface area contributed by atoms with Gasteiger partial charge in [0.05, 0.1) is 6.20 Å².